The average Bonchev–Trinajstić information content (AvgIpc) is 2.15. The second-order valence-electron chi connectivity index (χ2n) is 3.50. The van der Waals surface area contributed by atoms with Crippen molar-refractivity contribution in [3.8, 4) is 0 Å². The molecule has 0 radical (unpaired) electrons. The zero-order valence-corrected chi connectivity index (χ0v) is 9.67. The lowest BCUT2D eigenvalue weighted by Gasteiger charge is -2.33. The van der Waals surface area contributed by atoms with Crippen LogP contribution in [0.4, 0.5) is 0 Å². The maximum atomic E-state index is 11.7. The highest BCUT2D eigenvalue weighted by molar-refractivity contribution is 7.80. The number of nitrogens with two attached hydrogens (primary N) is 1. The maximum Gasteiger partial charge on any atom is 0.249 e. The van der Waals surface area contributed by atoms with E-state index in [4.69, 9.17) is 5.73 Å². The Morgan fingerprint density at radius 1 is 1.62 bits per heavy atom. The molecule has 0 saturated carbocycles. The lowest BCUT2D eigenvalue weighted by Crippen LogP contribution is -2.59. The van der Waals surface area contributed by atoms with Crippen LogP contribution in [0.5, 0.6) is 0 Å². The third kappa shape index (κ3) is 2.75. The normalized spacial score (nSPS) is 20.6. The van der Waals surface area contributed by atoms with E-state index in [1.165, 1.54) is 4.90 Å². The van der Waals surface area contributed by atoms with E-state index in [0.29, 0.717) is 6.42 Å². The predicted molar refractivity (Wildman–Crippen MR) is 60.3 cm³/mol. The van der Waals surface area contributed by atoms with E-state index in [-0.39, 0.29) is 23.9 Å². The van der Waals surface area contributed by atoms with Gasteiger partial charge in [0.05, 0.1) is 11.4 Å². The minimum absolute atomic E-state index is 0.0540. The summed E-state index contributed by atoms with van der Waals surface area (Å²) in [4.78, 5) is 35.6. The highest BCUT2D eigenvalue weighted by Gasteiger charge is 2.35. The fourth-order valence-corrected chi connectivity index (χ4v) is 1.71. The van der Waals surface area contributed by atoms with Crippen molar-refractivity contribution in [2.24, 2.45) is 5.73 Å². The Kier molecular flexibility index (Phi) is 3.94. The minimum Gasteiger partial charge on any atom is -0.393 e. The Morgan fingerprint density at radius 3 is 2.75 bits per heavy atom. The van der Waals surface area contributed by atoms with Gasteiger partial charge >= 0.3 is 0 Å². The van der Waals surface area contributed by atoms with Crippen LogP contribution in [0.1, 0.15) is 19.8 Å². The molecule has 1 unspecified atom stereocenters. The van der Waals surface area contributed by atoms with Crippen molar-refractivity contribution in [3.63, 3.8) is 0 Å². The van der Waals surface area contributed by atoms with E-state index in [1.807, 2.05) is 0 Å². The molecule has 1 rings (SSSR count). The van der Waals surface area contributed by atoms with Crippen molar-refractivity contribution in [3.05, 3.63) is 0 Å². The summed E-state index contributed by atoms with van der Waals surface area (Å²) in [5.74, 6) is -1.32. The number of hydrogen-bond donors (Lipinski definition) is 2. The average molecular weight is 243 g/mol. The molecule has 1 atom stereocenters. The molecule has 0 aromatic rings. The predicted octanol–water partition coefficient (Wildman–Crippen LogP) is -1.07. The topological polar surface area (TPSA) is 92.5 Å². The molecule has 16 heavy (non-hydrogen) atoms. The van der Waals surface area contributed by atoms with Crippen molar-refractivity contribution in [1.82, 2.24) is 10.2 Å². The molecule has 0 aromatic carbocycles. The van der Waals surface area contributed by atoms with Crippen LogP contribution in [0.15, 0.2) is 0 Å². The molecular weight excluding hydrogens is 230 g/mol. The van der Waals surface area contributed by atoms with E-state index >= 15 is 0 Å². The smallest absolute Gasteiger partial charge is 0.249 e. The van der Waals surface area contributed by atoms with E-state index in [1.54, 1.807) is 6.92 Å². The Balaban J connectivity index is 2.81. The van der Waals surface area contributed by atoms with E-state index < -0.39 is 17.9 Å². The molecule has 1 fully saturated rings. The summed E-state index contributed by atoms with van der Waals surface area (Å²) in [5.41, 5.74) is 5.25. The van der Waals surface area contributed by atoms with E-state index in [0.717, 1.165) is 0 Å². The summed E-state index contributed by atoms with van der Waals surface area (Å²) < 4.78 is 0. The van der Waals surface area contributed by atoms with Crippen LogP contribution in [0, 0.1) is 0 Å². The van der Waals surface area contributed by atoms with Gasteiger partial charge in [0, 0.05) is 0 Å². The number of hydrogen-bond acceptors (Lipinski definition) is 4. The minimum atomic E-state index is -0.612. The van der Waals surface area contributed by atoms with E-state index in [2.05, 4.69) is 17.5 Å². The maximum absolute atomic E-state index is 11.7. The number of nitrogens with zero attached hydrogens (tertiary/aromatic N) is 1. The number of carbonyl (C=O) groups excluding carboxylic acids is 3. The number of piperazine rings is 1. The SMILES string of the molecule is CCC1C(=O)NC(=O)CN1C(=O)CC(N)=S. The summed E-state index contributed by atoms with van der Waals surface area (Å²) in [7, 11) is 0. The Bertz CT molecular complexity index is 356. The summed E-state index contributed by atoms with van der Waals surface area (Å²) in [5, 5.41) is 2.18. The van der Waals surface area contributed by atoms with Crippen molar-refractivity contribution in [2.45, 2.75) is 25.8 Å². The van der Waals surface area contributed by atoms with Crippen LogP contribution in [-0.2, 0) is 14.4 Å². The summed E-state index contributed by atoms with van der Waals surface area (Å²) >= 11 is 4.62. The molecule has 1 aliphatic heterocycles. The van der Waals surface area contributed by atoms with Gasteiger partial charge in [-0.2, -0.15) is 0 Å². The largest absolute Gasteiger partial charge is 0.393 e. The molecule has 0 aliphatic carbocycles. The van der Waals surface area contributed by atoms with Gasteiger partial charge in [0.25, 0.3) is 0 Å². The molecule has 7 heteroatoms. The van der Waals surface area contributed by atoms with Crippen molar-refractivity contribution < 1.29 is 14.4 Å². The van der Waals surface area contributed by atoms with Gasteiger partial charge in [0.1, 0.15) is 12.6 Å². The van der Waals surface area contributed by atoms with Crippen LogP contribution in [0.25, 0.3) is 0 Å². The van der Waals surface area contributed by atoms with Crippen LogP contribution in [0.3, 0.4) is 0 Å². The van der Waals surface area contributed by atoms with Crippen LogP contribution in [-0.4, -0.2) is 40.2 Å². The molecule has 0 bridgehead atoms. The first-order chi connectivity index (χ1) is 7.45. The lowest BCUT2D eigenvalue weighted by atomic mass is 10.1. The molecule has 6 nitrogen and oxygen atoms in total. The molecule has 0 spiro atoms. The van der Waals surface area contributed by atoms with Gasteiger partial charge in [-0.1, -0.05) is 19.1 Å². The Labute approximate surface area is 98.1 Å². The van der Waals surface area contributed by atoms with Gasteiger partial charge < -0.3 is 10.6 Å². The first kappa shape index (κ1) is 12.6. The fraction of sp³-hybridized carbons (Fsp3) is 0.556. The number of amides is 3. The first-order valence-corrected chi connectivity index (χ1v) is 5.28. The summed E-state index contributed by atoms with van der Waals surface area (Å²) in [6.07, 6.45) is 0.328. The molecule has 1 saturated heterocycles. The fourth-order valence-electron chi connectivity index (χ4n) is 1.59. The number of thiocarbonyl (C=S) groups is 1. The van der Waals surface area contributed by atoms with Crippen molar-refractivity contribution >= 4 is 34.9 Å². The molecule has 1 aliphatic rings. The quantitative estimate of drug-likeness (QED) is 0.486. The van der Waals surface area contributed by atoms with Gasteiger partial charge in [0.15, 0.2) is 0 Å². The molecular formula is C9H13N3O3S. The van der Waals surface area contributed by atoms with Gasteiger partial charge in [-0.25, -0.2) is 0 Å². The zero-order chi connectivity index (χ0) is 12.3. The van der Waals surface area contributed by atoms with Crippen molar-refractivity contribution in [1.29, 1.82) is 0 Å². The molecule has 3 amide bonds. The molecule has 0 aromatic heterocycles. The third-order valence-electron chi connectivity index (χ3n) is 2.29. The van der Waals surface area contributed by atoms with Gasteiger partial charge in [-0.15, -0.1) is 0 Å². The lowest BCUT2D eigenvalue weighted by molar-refractivity contribution is -0.149. The highest BCUT2D eigenvalue weighted by Crippen LogP contribution is 2.10. The standard InChI is InChI=1S/C9H13N3O3S/c1-2-5-9(15)11-7(13)4-12(5)8(14)3-6(10)16/h5H,2-4H2,1H3,(H2,10,16)(H,11,13,15). The molecule has 1 heterocycles. The van der Waals surface area contributed by atoms with Crippen LogP contribution >= 0.6 is 12.2 Å². The second-order valence-corrected chi connectivity index (χ2v) is 4.03. The number of rotatable bonds is 3. The second kappa shape index (κ2) is 5.02. The van der Waals surface area contributed by atoms with Crippen molar-refractivity contribution in [2.75, 3.05) is 6.54 Å². The number of nitrogens with one attached hydrogen (secondary N) is 1. The highest BCUT2D eigenvalue weighted by atomic mass is 32.1. The van der Waals surface area contributed by atoms with Crippen LogP contribution in [0.2, 0.25) is 0 Å². The van der Waals surface area contributed by atoms with E-state index in [9.17, 15) is 14.4 Å². The summed E-state index contributed by atoms with van der Waals surface area (Å²) in [6, 6.07) is -0.612. The van der Waals surface area contributed by atoms with Gasteiger partial charge in [-0.05, 0) is 6.42 Å². The Hall–Kier alpha value is -1.50. The summed E-state index contributed by atoms with van der Waals surface area (Å²) in [6.45, 7) is 1.65. The Morgan fingerprint density at radius 2 is 2.25 bits per heavy atom. The third-order valence-corrected chi connectivity index (χ3v) is 2.43. The molecule has 3 N–H and O–H groups in total. The zero-order valence-electron chi connectivity index (χ0n) is 8.86. The number of imide groups is 1. The molecule has 88 valence electrons. The van der Waals surface area contributed by atoms with Gasteiger partial charge in [0.2, 0.25) is 17.7 Å². The monoisotopic (exact) mass is 243 g/mol. The van der Waals surface area contributed by atoms with Crippen LogP contribution < -0.4 is 11.1 Å². The van der Waals surface area contributed by atoms with Gasteiger partial charge in [-0.3, -0.25) is 19.7 Å². The first-order valence-electron chi connectivity index (χ1n) is 4.87. The number of carbonyl (C=O) groups is 3.